The van der Waals surface area contributed by atoms with Crippen LogP contribution in [-0.4, -0.2) is 59.1 Å². The molecule has 0 aromatic rings. The third-order valence-corrected chi connectivity index (χ3v) is 3.50. The smallest absolute Gasteiger partial charge is 0.346 e. The van der Waals surface area contributed by atoms with Gasteiger partial charge in [0.2, 0.25) is 0 Å². The summed E-state index contributed by atoms with van der Waals surface area (Å²) >= 11 is 0. The highest BCUT2D eigenvalue weighted by Crippen LogP contribution is 2.63. The van der Waals surface area contributed by atoms with Gasteiger partial charge >= 0.3 is 47.6 Å². The molecule has 1 N–H and O–H groups in total. The fourth-order valence-electron chi connectivity index (χ4n) is 1.73. The normalized spacial score (nSPS) is 16.2. The summed E-state index contributed by atoms with van der Waals surface area (Å²) < 4.78 is 221. The van der Waals surface area contributed by atoms with Gasteiger partial charge < -0.3 is 5.32 Å². The monoisotopic (exact) mass is 519 g/mol. The second-order valence-corrected chi connectivity index (χ2v) is 7.22. The maximum atomic E-state index is 13.5. The molecule has 2 nitrogen and oxygen atoms in total. The molecule has 0 spiro atoms. The van der Waals surface area contributed by atoms with Crippen molar-refractivity contribution in [2.24, 2.45) is 0 Å². The fraction of sp³-hybridized carbons (Fsp3) is 0.923. The Kier molecular flexibility index (Phi) is 7.00. The van der Waals surface area contributed by atoms with Crippen molar-refractivity contribution in [3.05, 3.63) is 0 Å². The predicted octanol–water partition coefficient (Wildman–Crippen LogP) is 5.91. The van der Waals surface area contributed by atoms with E-state index < -0.39 is 59.1 Å². The van der Waals surface area contributed by atoms with Gasteiger partial charge in [0.25, 0.3) is 5.91 Å². The van der Waals surface area contributed by atoms with Crippen LogP contribution in [0.15, 0.2) is 0 Å². The van der Waals surface area contributed by atoms with E-state index in [9.17, 15) is 79.4 Å². The second-order valence-electron chi connectivity index (χ2n) is 7.22. The number of alkyl halides is 17. The van der Waals surface area contributed by atoms with Crippen molar-refractivity contribution >= 4 is 5.91 Å². The lowest BCUT2D eigenvalue weighted by molar-refractivity contribution is -0.459. The number of rotatable bonds is 7. The van der Waals surface area contributed by atoms with Gasteiger partial charge in [0.15, 0.2) is 0 Å². The van der Waals surface area contributed by atoms with Crippen LogP contribution in [0.25, 0.3) is 0 Å². The van der Waals surface area contributed by atoms with Crippen LogP contribution in [0.5, 0.6) is 0 Å². The average Bonchev–Trinajstić information content (AvgIpc) is 2.50. The molecule has 0 atom stereocenters. The van der Waals surface area contributed by atoms with Crippen LogP contribution in [0, 0.1) is 0 Å². The van der Waals surface area contributed by atoms with Crippen molar-refractivity contribution in [1.29, 1.82) is 0 Å². The van der Waals surface area contributed by atoms with Crippen LogP contribution >= 0.6 is 0 Å². The Morgan fingerprint density at radius 2 is 0.719 bits per heavy atom. The topological polar surface area (TPSA) is 29.1 Å². The van der Waals surface area contributed by atoms with E-state index in [0.29, 0.717) is 0 Å². The lowest BCUT2D eigenvalue weighted by Crippen LogP contribution is -2.75. The molecule has 19 heteroatoms. The van der Waals surface area contributed by atoms with Gasteiger partial charge in [-0.05, 0) is 20.8 Å². The molecule has 0 bridgehead atoms. The summed E-state index contributed by atoms with van der Waals surface area (Å²) in [5.74, 6) is -61.4. The van der Waals surface area contributed by atoms with Gasteiger partial charge in [0, 0.05) is 5.54 Å². The molecule has 0 rings (SSSR count). The van der Waals surface area contributed by atoms with Gasteiger partial charge in [-0.15, -0.1) is 0 Å². The fourth-order valence-corrected chi connectivity index (χ4v) is 1.73. The third-order valence-electron chi connectivity index (χ3n) is 3.50. The van der Waals surface area contributed by atoms with Crippen LogP contribution in [-0.2, 0) is 4.79 Å². The molecule has 1 amide bonds. The maximum Gasteiger partial charge on any atom is 0.460 e. The first kappa shape index (κ1) is 30.3. The summed E-state index contributed by atoms with van der Waals surface area (Å²) in [5, 5.41) is 0.851. The van der Waals surface area contributed by atoms with E-state index in [2.05, 4.69) is 0 Å². The van der Waals surface area contributed by atoms with Crippen molar-refractivity contribution in [2.75, 3.05) is 0 Å². The summed E-state index contributed by atoms with van der Waals surface area (Å²) in [7, 11) is 0. The number of carbonyl (C=O) groups excluding carboxylic acids is 1. The molecular formula is C13H10F17NO. The molecule has 192 valence electrons. The maximum absolute atomic E-state index is 13.5. The zero-order valence-electron chi connectivity index (χ0n) is 15.3. The molecule has 0 unspecified atom stereocenters. The minimum Gasteiger partial charge on any atom is -0.346 e. The molecule has 0 aliphatic carbocycles. The van der Waals surface area contributed by atoms with Crippen LogP contribution in [0.1, 0.15) is 20.8 Å². The summed E-state index contributed by atoms with van der Waals surface area (Å²) in [6, 6.07) is 0. The molecule has 0 saturated carbocycles. The van der Waals surface area contributed by atoms with E-state index in [0.717, 1.165) is 26.1 Å². The molecule has 0 radical (unpaired) electrons. The number of halogens is 17. The van der Waals surface area contributed by atoms with Gasteiger partial charge in [-0.25, -0.2) is 0 Å². The molecule has 0 aliphatic heterocycles. The Bertz CT molecular complexity index is 715. The highest BCUT2D eigenvalue weighted by Gasteiger charge is 2.95. The zero-order chi connectivity index (χ0) is 26.8. The van der Waals surface area contributed by atoms with Crippen molar-refractivity contribution in [3.63, 3.8) is 0 Å². The Hall–Kier alpha value is -1.72. The van der Waals surface area contributed by atoms with Gasteiger partial charge in [-0.3, -0.25) is 4.79 Å². The third kappa shape index (κ3) is 4.03. The number of carbonyl (C=O) groups is 1. The molecule has 0 aromatic carbocycles. The minimum atomic E-state index is -8.72. The van der Waals surface area contributed by atoms with E-state index in [1.165, 1.54) is 0 Å². The second kappa shape index (κ2) is 7.39. The molecule has 32 heavy (non-hydrogen) atoms. The van der Waals surface area contributed by atoms with Gasteiger partial charge in [-0.1, -0.05) is 0 Å². The quantitative estimate of drug-likeness (QED) is 0.417. The molecule has 0 heterocycles. The summed E-state index contributed by atoms with van der Waals surface area (Å²) in [5.41, 5.74) is -1.99. The van der Waals surface area contributed by atoms with Crippen molar-refractivity contribution in [1.82, 2.24) is 5.32 Å². The van der Waals surface area contributed by atoms with Crippen LogP contribution < -0.4 is 5.32 Å². The number of hydrogen-bond donors (Lipinski definition) is 1. The summed E-state index contributed by atoms with van der Waals surface area (Å²) in [6.45, 7) is 2.21. The molecule has 0 aromatic heterocycles. The first-order valence-corrected chi connectivity index (χ1v) is 7.42. The van der Waals surface area contributed by atoms with Crippen molar-refractivity contribution in [3.8, 4) is 0 Å². The van der Waals surface area contributed by atoms with E-state index in [1.807, 2.05) is 0 Å². The Balaban J connectivity index is 6.75. The van der Waals surface area contributed by atoms with Gasteiger partial charge in [-0.2, -0.15) is 74.6 Å². The average molecular weight is 519 g/mol. The molecular weight excluding hydrogens is 509 g/mol. The Labute approximate surface area is 166 Å². The van der Waals surface area contributed by atoms with E-state index in [4.69, 9.17) is 0 Å². The van der Waals surface area contributed by atoms with E-state index in [1.54, 1.807) is 0 Å². The summed E-state index contributed by atoms with van der Waals surface area (Å²) in [6.07, 6.45) is -7.82. The van der Waals surface area contributed by atoms with Crippen molar-refractivity contribution < 1.29 is 79.4 Å². The lowest BCUT2D eigenvalue weighted by atomic mass is 9.88. The van der Waals surface area contributed by atoms with E-state index >= 15 is 0 Å². The SMILES string of the molecule is CC(C)(C)NC(=O)C(F)(F)C(F)(F)C(F)(F)C(F)(F)C(F)(F)C(F)(F)C(F)(F)C(F)(F)F. The first-order valence-electron chi connectivity index (χ1n) is 7.42. The molecule has 0 saturated heterocycles. The number of amides is 1. The highest BCUT2D eigenvalue weighted by atomic mass is 19.4. The minimum absolute atomic E-state index is 0.736. The number of hydrogen-bond acceptors (Lipinski definition) is 1. The van der Waals surface area contributed by atoms with Crippen molar-refractivity contribution in [2.45, 2.75) is 73.9 Å². The standard InChI is InChI=1S/C13H10F17NO/c1-5(2,3)31-4(32)6(14,15)7(16,17)8(18,19)9(20,21)10(22,23)11(24,25)12(26,27)13(28,29)30/h1-3H3,(H,31,32). The number of nitrogens with one attached hydrogen (secondary N) is 1. The van der Waals surface area contributed by atoms with Crippen LogP contribution in [0.3, 0.4) is 0 Å². The molecule has 0 fully saturated rings. The zero-order valence-corrected chi connectivity index (χ0v) is 15.3. The predicted molar refractivity (Wildman–Crippen MR) is 68.6 cm³/mol. The van der Waals surface area contributed by atoms with Gasteiger partial charge in [0.05, 0.1) is 0 Å². The molecule has 0 aliphatic rings. The Morgan fingerprint density at radius 1 is 0.469 bits per heavy atom. The largest absolute Gasteiger partial charge is 0.460 e. The highest BCUT2D eigenvalue weighted by molar-refractivity contribution is 5.85. The summed E-state index contributed by atoms with van der Waals surface area (Å²) in [4.78, 5) is 11.1. The van der Waals surface area contributed by atoms with Crippen LogP contribution in [0.2, 0.25) is 0 Å². The first-order chi connectivity index (χ1) is 13.4. The van der Waals surface area contributed by atoms with Crippen LogP contribution in [0.4, 0.5) is 74.6 Å². The van der Waals surface area contributed by atoms with Gasteiger partial charge in [0.1, 0.15) is 0 Å². The lowest BCUT2D eigenvalue weighted by Gasteiger charge is -2.42. The Morgan fingerprint density at radius 3 is 0.969 bits per heavy atom. The van der Waals surface area contributed by atoms with E-state index in [-0.39, 0.29) is 0 Å².